The second-order valence-corrected chi connectivity index (χ2v) is 8.31. The third-order valence-electron chi connectivity index (χ3n) is 5.54. The number of allylic oxidation sites excluding steroid dienone is 2. The average molecular weight is 411 g/mol. The number of ether oxygens (including phenoxy) is 2. The number of aliphatic hydroxyl groups is 1. The summed E-state index contributed by atoms with van der Waals surface area (Å²) in [5.74, 6) is -0.620. The largest absolute Gasteiger partial charge is 0.461 e. The molecule has 0 aromatic heterocycles. The molecule has 1 unspecified atom stereocenters. The van der Waals surface area contributed by atoms with E-state index in [-0.39, 0.29) is 31.6 Å². The molecular weight excluding hydrogens is 368 g/mol. The van der Waals surface area contributed by atoms with Gasteiger partial charge in [0.15, 0.2) is 5.60 Å². The first-order chi connectivity index (χ1) is 14.1. The van der Waals surface area contributed by atoms with Gasteiger partial charge in [-0.05, 0) is 32.1 Å². The van der Waals surface area contributed by atoms with Crippen molar-refractivity contribution in [1.82, 2.24) is 0 Å². The van der Waals surface area contributed by atoms with Gasteiger partial charge in [-0.15, -0.1) is 0 Å². The standard InChI is InChI=1S/C24H42O5/c1-2-3-4-5-6-7-8-9-10-11-12-13-14-15-16-17-22(26)28-21-24(20-25)19-18-23(27)29-24/h9-10,25H,2-8,11-21H2,1H3/b10-9+. The summed E-state index contributed by atoms with van der Waals surface area (Å²) in [4.78, 5) is 23.0. The van der Waals surface area contributed by atoms with Crippen LogP contribution in [0.25, 0.3) is 0 Å². The van der Waals surface area contributed by atoms with Gasteiger partial charge in [-0.1, -0.05) is 70.4 Å². The molecule has 0 aromatic carbocycles. The number of hydrogen-bond donors (Lipinski definition) is 1. The van der Waals surface area contributed by atoms with Crippen LogP contribution < -0.4 is 0 Å². The van der Waals surface area contributed by atoms with E-state index in [2.05, 4.69) is 19.1 Å². The molecular formula is C24H42O5. The maximum Gasteiger partial charge on any atom is 0.306 e. The number of rotatable bonds is 18. The van der Waals surface area contributed by atoms with Gasteiger partial charge in [0.2, 0.25) is 0 Å². The fourth-order valence-electron chi connectivity index (χ4n) is 3.56. The zero-order valence-corrected chi connectivity index (χ0v) is 18.5. The molecule has 0 aromatic rings. The van der Waals surface area contributed by atoms with E-state index in [4.69, 9.17) is 9.47 Å². The lowest BCUT2D eigenvalue weighted by Crippen LogP contribution is -2.39. The lowest BCUT2D eigenvalue weighted by Gasteiger charge is -2.24. The van der Waals surface area contributed by atoms with Crippen molar-refractivity contribution in [3.05, 3.63) is 12.2 Å². The quantitative estimate of drug-likeness (QED) is 0.180. The lowest BCUT2D eigenvalue weighted by atomic mass is 10.0. The molecule has 1 rings (SSSR count). The first kappa shape index (κ1) is 25.7. The van der Waals surface area contributed by atoms with Gasteiger partial charge in [0.1, 0.15) is 6.61 Å². The predicted octanol–water partition coefficient (Wildman–Crippen LogP) is 5.64. The number of aliphatic hydroxyl groups excluding tert-OH is 1. The van der Waals surface area contributed by atoms with E-state index >= 15 is 0 Å². The predicted molar refractivity (Wildman–Crippen MR) is 116 cm³/mol. The molecule has 0 bridgehead atoms. The van der Waals surface area contributed by atoms with Crippen molar-refractivity contribution in [3.8, 4) is 0 Å². The summed E-state index contributed by atoms with van der Waals surface area (Å²) in [6.45, 7) is 1.90. The van der Waals surface area contributed by atoms with Crippen molar-refractivity contribution in [2.45, 2.75) is 115 Å². The van der Waals surface area contributed by atoms with Gasteiger partial charge >= 0.3 is 11.9 Å². The molecule has 1 aliphatic rings. The SMILES string of the molecule is CCCCCCCC/C=C/CCCCCCCC(=O)OCC1(CO)CCC(=O)O1. The third kappa shape index (κ3) is 12.7. The Bertz CT molecular complexity index is 474. The summed E-state index contributed by atoms with van der Waals surface area (Å²) in [5, 5.41) is 9.39. The number of unbranched alkanes of at least 4 members (excludes halogenated alkanes) is 11. The number of esters is 2. The molecule has 168 valence electrons. The molecule has 1 atom stereocenters. The summed E-state index contributed by atoms with van der Waals surface area (Å²) in [5.41, 5.74) is -1.02. The summed E-state index contributed by atoms with van der Waals surface area (Å²) >= 11 is 0. The highest BCUT2D eigenvalue weighted by atomic mass is 16.6. The van der Waals surface area contributed by atoms with Crippen LogP contribution in [0.1, 0.15) is 110 Å². The molecule has 0 amide bonds. The smallest absolute Gasteiger partial charge is 0.306 e. The van der Waals surface area contributed by atoms with Crippen LogP contribution in [0.15, 0.2) is 12.2 Å². The van der Waals surface area contributed by atoms with Crippen molar-refractivity contribution >= 4 is 11.9 Å². The fourth-order valence-corrected chi connectivity index (χ4v) is 3.56. The van der Waals surface area contributed by atoms with Gasteiger partial charge in [-0.2, -0.15) is 0 Å². The normalized spacial score (nSPS) is 19.0. The van der Waals surface area contributed by atoms with Gasteiger partial charge in [0.25, 0.3) is 0 Å². The van der Waals surface area contributed by atoms with Crippen LogP contribution in [-0.4, -0.2) is 35.9 Å². The molecule has 1 heterocycles. The number of carbonyl (C=O) groups excluding carboxylic acids is 2. The highest BCUT2D eigenvalue weighted by molar-refractivity contribution is 5.72. The van der Waals surface area contributed by atoms with Crippen molar-refractivity contribution in [3.63, 3.8) is 0 Å². The average Bonchev–Trinajstić information content (AvgIpc) is 3.11. The summed E-state index contributed by atoms with van der Waals surface area (Å²) in [6.07, 6.45) is 21.6. The minimum atomic E-state index is -1.02. The van der Waals surface area contributed by atoms with Crippen molar-refractivity contribution in [1.29, 1.82) is 0 Å². The molecule has 5 heteroatoms. The maximum atomic E-state index is 11.8. The van der Waals surface area contributed by atoms with Crippen molar-refractivity contribution in [2.24, 2.45) is 0 Å². The van der Waals surface area contributed by atoms with Crippen molar-refractivity contribution in [2.75, 3.05) is 13.2 Å². The zero-order chi connectivity index (χ0) is 21.2. The topological polar surface area (TPSA) is 72.8 Å². The molecule has 1 saturated heterocycles. The fraction of sp³-hybridized carbons (Fsp3) is 0.833. The lowest BCUT2D eigenvalue weighted by molar-refractivity contribution is -0.166. The highest BCUT2D eigenvalue weighted by Gasteiger charge is 2.41. The molecule has 1 N–H and O–H groups in total. The maximum absolute atomic E-state index is 11.8. The Hall–Kier alpha value is -1.36. The van der Waals surface area contributed by atoms with Crippen LogP contribution >= 0.6 is 0 Å². The second-order valence-electron chi connectivity index (χ2n) is 8.31. The van der Waals surface area contributed by atoms with Crippen LogP contribution in [0.4, 0.5) is 0 Å². The number of carbonyl (C=O) groups is 2. The van der Waals surface area contributed by atoms with E-state index in [1.807, 2.05) is 0 Å². The highest BCUT2D eigenvalue weighted by Crippen LogP contribution is 2.26. The third-order valence-corrected chi connectivity index (χ3v) is 5.54. The van der Waals surface area contributed by atoms with E-state index in [1.165, 1.54) is 57.8 Å². The Balaban J connectivity index is 1.88. The van der Waals surface area contributed by atoms with Gasteiger partial charge < -0.3 is 14.6 Å². The molecule has 0 spiro atoms. The number of hydrogen-bond acceptors (Lipinski definition) is 5. The Morgan fingerprint density at radius 1 is 1.00 bits per heavy atom. The minimum absolute atomic E-state index is 0.0425. The van der Waals surface area contributed by atoms with Gasteiger partial charge in [-0.25, -0.2) is 0 Å². The summed E-state index contributed by atoms with van der Waals surface area (Å²) in [6, 6.07) is 0. The van der Waals surface area contributed by atoms with E-state index in [0.29, 0.717) is 12.8 Å². The van der Waals surface area contributed by atoms with Gasteiger partial charge in [0.05, 0.1) is 6.61 Å². The van der Waals surface area contributed by atoms with E-state index in [9.17, 15) is 14.7 Å². The second kappa shape index (κ2) is 16.4. The summed E-state index contributed by atoms with van der Waals surface area (Å²) < 4.78 is 10.3. The molecule has 0 aliphatic carbocycles. The van der Waals surface area contributed by atoms with Crippen LogP contribution in [-0.2, 0) is 19.1 Å². The van der Waals surface area contributed by atoms with Crippen molar-refractivity contribution < 1.29 is 24.2 Å². The molecule has 1 aliphatic heterocycles. The van der Waals surface area contributed by atoms with Gasteiger partial charge in [0, 0.05) is 19.3 Å². The molecule has 1 fully saturated rings. The van der Waals surface area contributed by atoms with Crippen LogP contribution in [0.5, 0.6) is 0 Å². The first-order valence-electron chi connectivity index (χ1n) is 11.8. The first-order valence-corrected chi connectivity index (χ1v) is 11.8. The van der Waals surface area contributed by atoms with Crippen LogP contribution in [0.3, 0.4) is 0 Å². The van der Waals surface area contributed by atoms with Gasteiger partial charge in [-0.3, -0.25) is 9.59 Å². The zero-order valence-electron chi connectivity index (χ0n) is 18.5. The van der Waals surface area contributed by atoms with Crippen LogP contribution in [0.2, 0.25) is 0 Å². The van der Waals surface area contributed by atoms with E-state index in [0.717, 1.165) is 25.7 Å². The Morgan fingerprint density at radius 2 is 1.59 bits per heavy atom. The van der Waals surface area contributed by atoms with E-state index < -0.39 is 5.60 Å². The molecule has 5 nitrogen and oxygen atoms in total. The number of cyclic esters (lactones) is 1. The Morgan fingerprint density at radius 3 is 2.14 bits per heavy atom. The monoisotopic (exact) mass is 410 g/mol. The minimum Gasteiger partial charge on any atom is -0.461 e. The van der Waals surface area contributed by atoms with E-state index in [1.54, 1.807) is 0 Å². The Kier molecular flexibility index (Phi) is 14.6. The summed E-state index contributed by atoms with van der Waals surface area (Å²) in [7, 11) is 0. The molecule has 29 heavy (non-hydrogen) atoms. The Labute approximate surface area is 177 Å². The molecule has 0 saturated carbocycles. The molecule has 0 radical (unpaired) electrons. The van der Waals surface area contributed by atoms with Crippen LogP contribution in [0, 0.1) is 0 Å².